The summed E-state index contributed by atoms with van der Waals surface area (Å²) in [7, 11) is 0. The highest BCUT2D eigenvalue weighted by Crippen LogP contribution is 2.35. The molecule has 4 aromatic rings. The number of halogens is 6. The Bertz CT molecular complexity index is 1530. The number of hydrogen-bond donors (Lipinski definition) is 3. The second kappa shape index (κ2) is 10.6. The van der Waals surface area contributed by atoms with Crippen molar-refractivity contribution in [2.45, 2.75) is 24.9 Å². The zero-order chi connectivity index (χ0) is 28.3. The maximum Gasteiger partial charge on any atom is 0.490 e. The first kappa shape index (κ1) is 28.3. The molecule has 8 nitrogen and oxygen atoms in total. The summed E-state index contributed by atoms with van der Waals surface area (Å²) in [6.45, 7) is 1.51. The number of aliphatic hydroxyl groups is 1. The maximum atomic E-state index is 13.6. The highest BCUT2D eigenvalue weighted by molar-refractivity contribution is 7.09. The summed E-state index contributed by atoms with van der Waals surface area (Å²) in [5.41, 5.74) is 3.90. The molecule has 0 bridgehead atoms. The van der Waals surface area contributed by atoms with Gasteiger partial charge in [-0.15, -0.1) is 11.3 Å². The number of carboxylic acid groups (broad SMARTS) is 1. The molecule has 4 rings (SSSR count). The third-order valence-electron chi connectivity index (χ3n) is 4.57. The number of alkyl halides is 6. The molecule has 0 aliphatic heterocycles. The summed E-state index contributed by atoms with van der Waals surface area (Å²) in [6, 6.07) is 7.57. The number of nitrogen functional groups attached to an aromatic ring is 1. The van der Waals surface area contributed by atoms with Gasteiger partial charge < -0.3 is 15.9 Å². The molecular weight excluding hydrogens is 540 g/mol. The van der Waals surface area contributed by atoms with Crippen molar-refractivity contribution in [3.05, 3.63) is 64.4 Å². The number of nitrogens with two attached hydrogens (primary N) is 1. The molecule has 15 heteroatoms. The van der Waals surface area contributed by atoms with Gasteiger partial charge >= 0.3 is 18.3 Å². The van der Waals surface area contributed by atoms with Gasteiger partial charge in [-0.3, -0.25) is 0 Å². The molecule has 3 heterocycles. The van der Waals surface area contributed by atoms with Gasteiger partial charge in [0.1, 0.15) is 16.3 Å². The van der Waals surface area contributed by atoms with E-state index in [1.165, 1.54) is 30.5 Å². The Hall–Kier alpha value is -4.29. The monoisotopic (exact) mass is 555 g/mol. The topological polar surface area (TPSA) is 135 Å². The van der Waals surface area contributed by atoms with E-state index in [-0.39, 0.29) is 22.5 Å². The van der Waals surface area contributed by atoms with E-state index in [9.17, 15) is 31.4 Å². The zero-order valence-corrected chi connectivity index (χ0v) is 19.8. The Morgan fingerprint density at radius 2 is 1.74 bits per heavy atom. The first-order valence-corrected chi connectivity index (χ1v) is 11.0. The summed E-state index contributed by atoms with van der Waals surface area (Å²) in [6.07, 6.45) is -7.04. The Kier molecular flexibility index (Phi) is 7.89. The van der Waals surface area contributed by atoms with Crippen molar-refractivity contribution in [3.8, 4) is 23.2 Å². The predicted molar refractivity (Wildman–Crippen MR) is 124 cm³/mol. The number of carboxylic acids is 1. The van der Waals surface area contributed by atoms with E-state index < -0.39 is 29.6 Å². The van der Waals surface area contributed by atoms with Crippen molar-refractivity contribution >= 4 is 34.0 Å². The van der Waals surface area contributed by atoms with Gasteiger partial charge in [-0.25, -0.2) is 24.7 Å². The van der Waals surface area contributed by atoms with E-state index in [0.29, 0.717) is 16.1 Å². The Labute approximate surface area is 213 Å². The number of thiazole rings is 1. The van der Waals surface area contributed by atoms with Gasteiger partial charge in [0.15, 0.2) is 17.1 Å². The van der Waals surface area contributed by atoms with Crippen LogP contribution in [0, 0.1) is 11.8 Å². The summed E-state index contributed by atoms with van der Waals surface area (Å²) >= 11 is 1.26. The Morgan fingerprint density at radius 1 is 1.05 bits per heavy atom. The third kappa shape index (κ3) is 6.72. The molecule has 0 spiro atoms. The SMILES string of the molecule is C[C@@](O)(C#Cc1cccc(-c2nc(C(F)(F)F)c3ccnc(N)c3n2)c1)c1nccs1.O=C(O)C(F)(F)F. The summed E-state index contributed by atoms with van der Waals surface area (Å²) in [4.78, 5) is 24.7. The van der Waals surface area contributed by atoms with Crippen LogP contribution in [-0.2, 0) is 16.6 Å². The lowest BCUT2D eigenvalue weighted by Gasteiger charge is -2.13. The molecule has 1 aromatic carbocycles. The van der Waals surface area contributed by atoms with Crippen molar-refractivity contribution in [3.63, 3.8) is 0 Å². The quantitative estimate of drug-likeness (QED) is 0.241. The fraction of sp³-hybridized carbons (Fsp3) is 0.174. The zero-order valence-electron chi connectivity index (χ0n) is 19.0. The van der Waals surface area contributed by atoms with Crippen molar-refractivity contribution in [1.82, 2.24) is 19.9 Å². The summed E-state index contributed by atoms with van der Waals surface area (Å²) in [5.74, 6) is 2.52. The van der Waals surface area contributed by atoms with Crippen LogP contribution in [-0.4, -0.2) is 42.3 Å². The molecule has 38 heavy (non-hydrogen) atoms. The van der Waals surface area contributed by atoms with E-state index in [1.54, 1.807) is 35.8 Å². The minimum atomic E-state index is -5.08. The number of aromatic nitrogens is 4. The van der Waals surface area contributed by atoms with Crippen molar-refractivity contribution in [2.75, 3.05) is 5.73 Å². The first-order valence-electron chi connectivity index (χ1n) is 10.1. The molecule has 0 aliphatic carbocycles. The summed E-state index contributed by atoms with van der Waals surface area (Å²) in [5, 5.41) is 19.6. The van der Waals surface area contributed by atoms with Crippen molar-refractivity contribution in [2.24, 2.45) is 0 Å². The van der Waals surface area contributed by atoms with Crippen LogP contribution >= 0.6 is 11.3 Å². The first-order chi connectivity index (χ1) is 17.6. The average Bonchev–Trinajstić information content (AvgIpc) is 3.38. The number of anilines is 1. The third-order valence-corrected chi connectivity index (χ3v) is 5.56. The molecule has 0 amide bonds. The smallest absolute Gasteiger partial charge is 0.475 e. The van der Waals surface area contributed by atoms with Crippen LogP contribution in [0.25, 0.3) is 22.3 Å². The van der Waals surface area contributed by atoms with Crippen molar-refractivity contribution < 1.29 is 41.4 Å². The molecular formula is C23H15F6N5O3S. The van der Waals surface area contributed by atoms with Crippen LogP contribution in [0.2, 0.25) is 0 Å². The van der Waals surface area contributed by atoms with E-state index in [4.69, 9.17) is 15.6 Å². The average molecular weight is 555 g/mol. The fourth-order valence-corrected chi connectivity index (χ4v) is 3.52. The molecule has 3 aromatic heterocycles. The Morgan fingerprint density at radius 3 is 2.32 bits per heavy atom. The number of benzene rings is 1. The van der Waals surface area contributed by atoms with Gasteiger partial charge in [0, 0.05) is 34.3 Å². The van der Waals surface area contributed by atoms with Gasteiger partial charge in [-0.1, -0.05) is 24.0 Å². The largest absolute Gasteiger partial charge is 0.490 e. The number of fused-ring (bicyclic) bond motifs is 1. The van der Waals surface area contributed by atoms with E-state index in [2.05, 4.69) is 31.8 Å². The molecule has 0 radical (unpaired) electrons. The van der Waals surface area contributed by atoms with Crippen LogP contribution in [0.5, 0.6) is 0 Å². The lowest BCUT2D eigenvalue weighted by atomic mass is 10.1. The molecule has 0 aliphatic rings. The number of carbonyl (C=O) groups is 1. The number of hydrogen-bond acceptors (Lipinski definition) is 8. The van der Waals surface area contributed by atoms with Crippen LogP contribution in [0.15, 0.2) is 48.1 Å². The van der Waals surface area contributed by atoms with Crippen LogP contribution < -0.4 is 5.73 Å². The van der Waals surface area contributed by atoms with Gasteiger partial charge in [0.25, 0.3) is 0 Å². The van der Waals surface area contributed by atoms with Crippen LogP contribution in [0.4, 0.5) is 32.2 Å². The molecule has 0 fully saturated rings. The normalized spacial score (nSPS) is 13.1. The van der Waals surface area contributed by atoms with Gasteiger partial charge in [-0.2, -0.15) is 26.3 Å². The molecule has 0 saturated carbocycles. The number of aliphatic carboxylic acids is 1. The molecule has 198 valence electrons. The van der Waals surface area contributed by atoms with E-state index >= 15 is 0 Å². The number of pyridine rings is 1. The van der Waals surface area contributed by atoms with Gasteiger partial charge in [0.2, 0.25) is 0 Å². The highest BCUT2D eigenvalue weighted by atomic mass is 32.1. The second-order valence-corrected chi connectivity index (χ2v) is 8.42. The van der Waals surface area contributed by atoms with E-state index in [0.717, 1.165) is 0 Å². The van der Waals surface area contributed by atoms with Gasteiger partial charge in [-0.05, 0) is 25.1 Å². The highest BCUT2D eigenvalue weighted by Gasteiger charge is 2.38. The Balaban J connectivity index is 0.000000505. The number of rotatable bonds is 2. The predicted octanol–water partition coefficient (Wildman–Crippen LogP) is 4.64. The standard InChI is InChI=1S/C21H14F3N5OS.C2HF3O2/c1-20(30,19-27-9-10-31-19)7-5-12-3-2-4-13(11-12)18-28-15-14(6-8-26-17(15)25)16(29-18)21(22,23)24;3-2(4,5)1(6)7/h2-4,6,8-11,30H,1H3,(H2,25,26);(H,6,7)/t20-;/m1./s1. The number of nitrogens with zero attached hydrogens (tertiary/aromatic N) is 4. The second-order valence-electron chi connectivity index (χ2n) is 7.53. The molecule has 4 N–H and O–H groups in total. The van der Waals surface area contributed by atoms with E-state index in [1.807, 2.05) is 0 Å². The van der Waals surface area contributed by atoms with Crippen LogP contribution in [0.3, 0.4) is 0 Å². The van der Waals surface area contributed by atoms with Gasteiger partial charge in [0.05, 0.1) is 0 Å². The van der Waals surface area contributed by atoms with Crippen molar-refractivity contribution in [1.29, 1.82) is 0 Å². The molecule has 0 saturated heterocycles. The van der Waals surface area contributed by atoms with Crippen LogP contribution in [0.1, 0.15) is 23.2 Å². The lowest BCUT2D eigenvalue weighted by Crippen LogP contribution is -2.21. The molecule has 1 atom stereocenters. The minimum absolute atomic E-state index is 0.0805. The lowest BCUT2D eigenvalue weighted by molar-refractivity contribution is -0.192. The molecule has 0 unspecified atom stereocenters. The maximum absolute atomic E-state index is 13.6. The fourth-order valence-electron chi connectivity index (χ4n) is 2.87. The minimum Gasteiger partial charge on any atom is -0.475 e. The summed E-state index contributed by atoms with van der Waals surface area (Å²) < 4.78 is 72.5.